The van der Waals surface area contributed by atoms with E-state index in [9.17, 15) is 8.42 Å². The summed E-state index contributed by atoms with van der Waals surface area (Å²) in [6, 6.07) is -0.213. The van der Waals surface area contributed by atoms with Gasteiger partial charge in [0.2, 0.25) is 0 Å². The van der Waals surface area contributed by atoms with Crippen LogP contribution in [0.4, 0.5) is 0 Å². The molecule has 0 aromatic carbocycles. The average Bonchev–Trinajstić information content (AvgIpc) is 1.63. The van der Waals surface area contributed by atoms with Gasteiger partial charge in [-0.05, 0) is 13.8 Å². The minimum absolute atomic E-state index is 0.213. The van der Waals surface area contributed by atoms with E-state index in [-0.39, 0.29) is 6.04 Å². The minimum atomic E-state index is -3.66. The van der Waals surface area contributed by atoms with E-state index < -0.39 is 10.2 Å². The first-order chi connectivity index (χ1) is 3.98. The fourth-order valence-electron chi connectivity index (χ4n) is 0.337. The molecule has 0 heterocycles. The Morgan fingerprint density at radius 2 is 1.89 bits per heavy atom. The van der Waals surface area contributed by atoms with Crippen molar-refractivity contribution in [1.82, 2.24) is 9.61 Å². The molecule has 0 aromatic heterocycles. The largest absolute Gasteiger partial charge is 0.301 e. The van der Waals surface area contributed by atoms with Crippen LogP contribution >= 0.6 is 0 Å². The lowest BCUT2D eigenvalue weighted by atomic mass is 10.4. The maximum Gasteiger partial charge on any atom is 0.299 e. The van der Waals surface area contributed by atoms with Gasteiger partial charge < -0.3 is 5.21 Å². The Labute approximate surface area is 54.2 Å². The summed E-state index contributed by atoms with van der Waals surface area (Å²) in [7, 11) is -3.66. The Morgan fingerprint density at radius 1 is 1.44 bits per heavy atom. The molecular formula is C3H10N2O3S. The van der Waals surface area contributed by atoms with Gasteiger partial charge in [-0.15, -0.1) is 0 Å². The molecular weight excluding hydrogens is 144 g/mol. The van der Waals surface area contributed by atoms with E-state index in [0.29, 0.717) is 0 Å². The topological polar surface area (TPSA) is 78.4 Å². The van der Waals surface area contributed by atoms with Crippen LogP contribution in [0, 0.1) is 0 Å². The summed E-state index contributed by atoms with van der Waals surface area (Å²) in [5.41, 5.74) is 0. The Morgan fingerprint density at radius 3 is 2.00 bits per heavy atom. The number of nitrogens with one attached hydrogen (secondary N) is 2. The van der Waals surface area contributed by atoms with E-state index in [2.05, 4.69) is 4.72 Å². The standard InChI is InChI=1S/C3H10N2O3S/c1-3(2)4-9(7,8)5-6/h3-6H,1-2H3. The molecule has 56 valence electrons. The zero-order valence-electron chi connectivity index (χ0n) is 5.25. The zero-order valence-corrected chi connectivity index (χ0v) is 6.07. The summed E-state index contributed by atoms with van der Waals surface area (Å²) in [4.78, 5) is 1.13. The molecule has 0 unspecified atom stereocenters. The van der Waals surface area contributed by atoms with Crippen molar-refractivity contribution < 1.29 is 13.6 Å². The van der Waals surface area contributed by atoms with E-state index in [4.69, 9.17) is 5.21 Å². The molecule has 9 heavy (non-hydrogen) atoms. The SMILES string of the molecule is CC(C)NS(=O)(=O)NO. The van der Waals surface area contributed by atoms with Crippen molar-refractivity contribution >= 4 is 10.2 Å². The van der Waals surface area contributed by atoms with E-state index in [1.807, 2.05) is 0 Å². The van der Waals surface area contributed by atoms with Gasteiger partial charge in [-0.3, -0.25) is 0 Å². The molecule has 0 aliphatic heterocycles. The van der Waals surface area contributed by atoms with Crippen LogP contribution in [0.5, 0.6) is 0 Å². The van der Waals surface area contributed by atoms with Crippen molar-refractivity contribution in [2.45, 2.75) is 19.9 Å². The first-order valence-corrected chi connectivity index (χ1v) is 3.89. The molecule has 0 atom stereocenters. The lowest BCUT2D eigenvalue weighted by Crippen LogP contribution is -2.38. The van der Waals surface area contributed by atoms with Crippen molar-refractivity contribution in [3.63, 3.8) is 0 Å². The number of hydrogen-bond acceptors (Lipinski definition) is 3. The highest BCUT2D eigenvalue weighted by Crippen LogP contribution is 1.79. The van der Waals surface area contributed by atoms with E-state index in [0.717, 1.165) is 4.89 Å². The maximum absolute atomic E-state index is 10.3. The molecule has 0 aromatic rings. The van der Waals surface area contributed by atoms with Crippen molar-refractivity contribution in [3.05, 3.63) is 0 Å². The van der Waals surface area contributed by atoms with Gasteiger partial charge in [0.1, 0.15) is 0 Å². The van der Waals surface area contributed by atoms with Gasteiger partial charge in [0.05, 0.1) is 0 Å². The second-order valence-electron chi connectivity index (χ2n) is 1.87. The van der Waals surface area contributed by atoms with Crippen LogP contribution in [0.15, 0.2) is 0 Å². The average molecular weight is 154 g/mol. The molecule has 6 heteroatoms. The van der Waals surface area contributed by atoms with Gasteiger partial charge in [-0.2, -0.15) is 13.1 Å². The van der Waals surface area contributed by atoms with Crippen LogP contribution in [0.25, 0.3) is 0 Å². The van der Waals surface area contributed by atoms with E-state index in [1.54, 1.807) is 13.8 Å². The van der Waals surface area contributed by atoms with Crippen LogP contribution in [0.3, 0.4) is 0 Å². The lowest BCUT2D eigenvalue weighted by Gasteiger charge is -2.05. The smallest absolute Gasteiger partial charge is 0.299 e. The highest BCUT2D eigenvalue weighted by atomic mass is 32.2. The molecule has 0 saturated carbocycles. The molecule has 0 aliphatic rings. The van der Waals surface area contributed by atoms with Crippen LogP contribution in [-0.4, -0.2) is 19.7 Å². The summed E-state index contributed by atoms with van der Waals surface area (Å²) >= 11 is 0. The third-order valence-corrected chi connectivity index (χ3v) is 1.53. The molecule has 0 aliphatic carbocycles. The molecule has 0 bridgehead atoms. The second kappa shape index (κ2) is 3.11. The Hall–Kier alpha value is -0.170. The molecule has 3 N–H and O–H groups in total. The molecule has 0 radical (unpaired) electrons. The van der Waals surface area contributed by atoms with Crippen molar-refractivity contribution in [2.75, 3.05) is 0 Å². The number of hydrogen-bond donors (Lipinski definition) is 3. The highest BCUT2D eigenvalue weighted by Gasteiger charge is 2.07. The van der Waals surface area contributed by atoms with E-state index in [1.165, 1.54) is 0 Å². The predicted molar refractivity (Wildman–Crippen MR) is 32.1 cm³/mol. The van der Waals surface area contributed by atoms with Gasteiger partial charge >= 0.3 is 0 Å². The van der Waals surface area contributed by atoms with Crippen molar-refractivity contribution in [1.29, 1.82) is 0 Å². The fourth-order valence-corrected chi connectivity index (χ4v) is 1.01. The van der Waals surface area contributed by atoms with Crippen LogP contribution < -0.4 is 9.61 Å². The van der Waals surface area contributed by atoms with Gasteiger partial charge in [-0.25, -0.2) is 0 Å². The van der Waals surface area contributed by atoms with Crippen molar-refractivity contribution in [2.24, 2.45) is 0 Å². The molecule has 0 fully saturated rings. The summed E-state index contributed by atoms with van der Waals surface area (Å²) in [5, 5.41) is 7.94. The van der Waals surface area contributed by atoms with Gasteiger partial charge in [-0.1, -0.05) is 4.89 Å². The maximum atomic E-state index is 10.3. The zero-order chi connectivity index (χ0) is 7.49. The number of rotatable bonds is 3. The first kappa shape index (κ1) is 8.83. The fraction of sp³-hybridized carbons (Fsp3) is 1.00. The van der Waals surface area contributed by atoms with Gasteiger partial charge in [0, 0.05) is 6.04 Å². The summed E-state index contributed by atoms with van der Waals surface area (Å²) in [6.07, 6.45) is 0. The monoisotopic (exact) mass is 154 g/mol. The second-order valence-corrected chi connectivity index (χ2v) is 3.29. The Kier molecular flexibility index (Phi) is 3.06. The van der Waals surface area contributed by atoms with Gasteiger partial charge in [0.15, 0.2) is 0 Å². The normalized spacial score (nSPS) is 12.4. The van der Waals surface area contributed by atoms with Gasteiger partial charge in [0.25, 0.3) is 10.2 Å². The molecule has 0 spiro atoms. The molecule has 0 rings (SSSR count). The first-order valence-electron chi connectivity index (χ1n) is 2.41. The van der Waals surface area contributed by atoms with Crippen LogP contribution in [-0.2, 0) is 10.2 Å². The third kappa shape index (κ3) is 4.34. The van der Waals surface area contributed by atoms with Crippen molar-refractivity contribution in [3.8, 4) is 0 Å². The van der Waals surface area contributed by atoms with Crippen LogP contribution in [0.2, 0.25) is 0 Å². The Balaban J connectivity index is 3.90. The summed E-state index contributed by atoms with van der Waals surface area (Å²) in [5.74, 6) is 0. The summed E-state index contributed by atoms with van der Waals surface area (Å²) < 4.78 is 22.8. The third-order valence-electron chi connectivity index (χ3n) is 0.511. The summed E-state index contributed by atoms with van der Waals surface area (Å²) in [6.45, 7) is 3.30. The lowest BCUT2D eigenvalue weighted by molar-refractivity contribution is 0.240. The quantitative estimate of drug-likeness (QED) is 0.466. The molecule has 0 amide bonds. The molecule has 5 nitrogen and oxygen atoms in total. The Bertz CT molecular complexity index is 162. The molecule has 0 saturated heterocycles. The predicted octanol–water partition coefficient (Wildman–Crippen LogP) is -0.792. The van der Waals surface area contributed by atoms with Crippen LogP contribution in [0.1, 0.15) is 13.8 Å². The highest BCUT2D eigenvalue weighted by molar-refractivity contribution is 7.87. The van der Waals surface area contributed by atoms with E-state index >= 15 is 0 Å². The minimum Gasteiger partial charge on any atom is -0.301 e.